The highest BCUT2D eigenvalue weighted by Crippen LogP contribution is 2.20. The highest BCUT2D eigenvalue weighted by molar-refractivity contribution is 14.1. The first-order chi connectivity index (χ1) is 7.58. The summed E-state index contributed by atoms with van der Waals surface area (Å²) in [6.45, 7) is 1.83. The predicted molar refractivity (Wildman–Crippen MR) is 67.7 cm³/mol. The maximum Gasteiger partial charge on any atom is 0.269 e. The third-order valence-electron chi connectivity index (χ3n) is 2.19. The second-order valence-electron chi connectivity index (χ2n) is 3.33. The van der Waals surface area contributed by atoms with Gasteiger partial charge in [0.1, 0.15) is 0 Å². The molecule has 0 aliphatic rings. The lowest BCUT2D eigenvalue weighted by Crippen LogP contribution is -1.98. The highest BCUT2D eigenvalue weighted by atomic mass is 127. The molecular formula is C10H8IN3O2. The van der Waals surface area contributed by atoms with E-state index >= 15 is 0 Å². The molecule has 0 aliphatic carbocycles. The molecule has 0 fully saturated rings. The summed E-state index contributed by atoms with van der Waals surface area (Å²) in [7, 11) is 0. The molecule has 0 spiro atoms. The number of aromatic nitrogens is 2. The number of benzene rings is 1. The van der Waals surface area contributed by atoms with Crippen LogP contribution in [0, 0.1) is 20.6 Å². The van der Waals surface area contributed by atoms with Gasteiger partial charge in [0, 0.05) is 18.3 Å². The third kappa shape index (κ3) is 2.06. The molecule has 2 rings (SSSR count). The van der Waals surface area contributed by atoms with Crippen molar-refractivity contribution < 1.29 is 4.92 Å². The fourth-order valence-electron chi connectivity index (χ4n) is 1.44. The Bertz CT molecular complexity index is 551. The van der Waals surface area contributed by atoms with E-state index in [2.05, 4.69) is 27.7 Å². The maximum absolute atomic E-state index is 10.6. The van der Waals surface area contributed by atoms with Gasteiger partial charge in [-0.3, -0.25) is 10.1 Å². The van der Waals surface area contributed by atoms with Crippen LogP contribution in [0.15, 0.2) is 30.6 Å². The second kappa shape index (κ2) is 4.20. The quantitative estimate of drug-likeness (QED) is 0.483. The van der Waals surface area contributed by atoms with Crippen molar-refractivity contribution >= 4 is 28.3 Å². The van der Waals surface area contributed by atoms with Crippen molar-refractivity contribution in [3.63, 3.8) is 0 Å². The van der Waals surface area contributed by atoms with E-state index in [0.29, 0.717) is 0 Å². The molecule has 1 aromatic carbocycles. The first-order valence-corrected chi connectivity index (χ1v) is 5.61. The van der Waals surface area contributed by atoms with Gasteiger partial charge in [0.25, 0.3) is 5.69 Å². The molecule has 0 N–H and O–H groups in total. The van der Waals surface area contributed by atoms with E-state index in [1.54, 1.807) is 23.0 Å². The summed E-state index contributed by atoms with van der Waals surface area (Å²) >= 11 is 2.16. The summed E-state index contributed by atoms with van der Waals surface area (Å²) in [5.41, 5.74) is 1.78. The van der Waals surface area contributed by atoms with Crippen LogP contribution in [0.5, 0.6) is 0 Å². The van der Waals surface area contributed by atoms with E-state index in [-0.39, 0.29) is 5.69 Å². The summed E-state index contributed by atoms with van der Waals surface area (Å²) in [6, 6.07) is 4.73. The summed E-state index contributed by atoms with van der Waals surface area (Å²) in [4.78, 5) is 10.2. The minimum atomic E-state index is -0.399. The second-order valence-corrected chi connectivity index (χ2v) is 4.58. The van der Waals surface area contributed by atoms with E-state index in [1.807, 2.05) is 13.1 Å². The van der Waals surface area contributed by atoms with Crippen molar-refractivity contribution in [3.05, 3.63) is 49.8 Å². The fraction of sp³-hybridized carbons (Fsp3) is 0.100. The first-order valence-electron chi connectivity index (χ1n) is 4.53. The maximum atomic E-state index is 10.6. The number of non-ortho nitro benzene ring substituents is 1. The van der Waals surface area contributed by atoms with Crippen molar-refractivity contribution in [2.75, 3.05) is 0 Å². The summed E-state index contributed by atoms with van der Waals surface area (Å²) in [5.74, 6) is 0. The number of nitro benzene ring substituents is 1. The molecule has 0 aliphatic heterocycles. The summed E-state index contributed by atoms with van der Waals surface area (Å²) in [5, 5.41) is 14.7. The Morgan fingerprint density at radius 3 is 2.75 bits per heavy atom. The van der Waals surface area contributed by atoms with Crippen LogP contribution in [0.4, 0.5) is 5.69 Å². The molecule has 0 saturated carbocycles. The van der Waals surface area contributed by atoms with Gasteiger partial charge >= 0.3 is 0 Å². The fourth-order valence-corrected chi connectivity index (χ4v) is 1.83. The zero-order valence-corrected chi connectivity index (χ0v) is 10.6. The van der Waals surface area contributed by atoms with E-state index in [0.717, 1.165) is 14.8 Å². The lowest BCUT2D eigenvalue weighted by atomic mass is 10.2. The minimum absolute atomic E-state index is 0.100. The van der Waals surface area contributed by atoms with Crippen molar-refractivity contribution in [1.29, 1.82) is 0 Å². The van der Waals surface area contributed by atoms with Gasteiger partial charge in [0.05, 0.1) is 20.4 Å². The van der Waals surface area contributed by atoms with E-state index in [1.165, 1.54) is 6.07 Å². The SMILES string of the molecule is Cc1cc([N+](=O)[O-])ccc1-n1cc(I)cn1. The van der Waals surface area contributed by atoms with Crippen LogP contribution in [-0.2, 0) is 0 Å². The number of nitro groups is 1. The molecule has 0 saturated heterocycles. The molecule has 0 amide bonds. The summed E-state index contributed by atoms with van der Waals surface area (Å²) in [6.07, 6.45) is 3.61. The van der Waals surface area contributed by atoms with Gasteiger partial charge in [-0.2, -0.15) is 5.10 Å². The predicted octanol–water partition coefficient (Wildman–Crippen LogP) is 2.69. The standard InChI is InChI=1S/C10H8IN3O2/c1-7-4-9(14(15)16)2-3-10(7)13-6-8(11)5-12-13/h2-6H,1H3. The molecule has 0 bridgehead atoms. The number of rotatable bonds is 2. The van der Waals surface area contributed by atoms with Gasteiger partial charge in [0.2, 0.25) is 0 Å². The number of halogens is 1. The van der Waals surface area contributed by atoms with E-state index in [4.69, 9.17) is 0 Å². The average molecular weight is 329 g/mol. The molecule has 6 heteroatoms. The molecule has 0 atom stereocenters. The number of aryl methyl sites for hydroxylation is 1. The first kappa shape index (κ1) is 11.1. The Hall–Kier alpha value is -1.44. The van der Waals surface area contributed by atoms with Gasteiger partial charge in [0.15, 0.2) is 0 Å². The monoisotopic (exact) mass is 329 g/mol. The van der Waals surface area contributed by atoms with Gasteiger partial charge in [-0.05, 0) is 41.1 Å². The van der Waals surface area contributed by atoms with Gasteiger partial charge in [-0.15, -0.1) is 0 Å². The Morgan fingerprint density at radius 1 is 1.50 bits per heavy atom. The van der Waals surface area contributed by atoms with Crippen molar-refractivity contribution in [1.82, 2.24) is 9.78 Å². The number of nitrogens with zero attached hydrogens (tertiary/aromatic N) is 3. The number of hydrogen-bond donors (Lipinski definition) is 0. The minimum Gasteiger partial charge on any atom is -0.258 e. The Kier molecular flexibility index (Phi) is 2.90. The lowest BCUT2D eigenvalue weighted by molar-refractivity contribution is -0.384. The molecular weight excluding hydrogens is 321 g/mol. The molecule has 1 heterocycles. The van der Waals surface area contributed by atoms with Gasteiger partial charge in [-0.1, -0.05) is 0 Å². The Balaban J connectivity index is 2.47. The van der Waals surface area contributed by atoms with E-state index in [9.17, 15) is 10.1 Å². The van der Waals surface area contributed by atoms with E-state index < -0.39 is 4.92 Å². The smallest absolute Gasteiger partial charge is 0.258 e. The molecule has 1 aromatic heterocycles. The van der Waals surface area contributed by atoms with Crippen LogP contribution in [0.1, 0.15) is 5.56 Å². The van der Waals surface area contributed by atoms with Crippen LogP contribution in [0.2, 0.25) is 0 Å². The van der Waals surface area contributed by atoms with Crippen LogP contribution in [-0.4, -0.2) is 14.7 Å². The van der Waals surface area contributed by atoms with Crippen LogP contribution < -0.4 is 0 Å². The molecule has 5 nitrogen and oxygen atoms in total. The number of hydrogen-bond acceptors (Lipinski definition) is 3. The average Bonchev–Trinajstić information content (AvgIpc) is 2.64. The molecule has 16 heavy (non-hydrogen) atoms. The van der Waals surface area contributed by atoms with Gasteiger partial charge in [-0.25, -0.2) is 4.68 Å². The largest absolute Gasteiger partial charge is 0.269 e. The normalized spacial score (nSPS) is 10.4. The molecule has 82 valence electrons. The highest BCUT2D eigenvalue weighted by Gasteiger charge is 2.09. The lowest BCUT2D eigenvalue weighted by Gasteiger charge is -2.04. The van der Waals surface area contributed by atoms with Crippen molar-refractivity contribution in [3.8, 4) is 5.69 Å². The van der Waals surface area contributed by atoms with Crippen molar-refractivity contribution in [2.45, 2.75) is 6.92 Å². The summed E-state index contributed by atoms with van der Waals surface area (Å²) < 4.78 is 2.73. The molecule has 2 aromatic rings. The van der Waals surface area contributed by atoms with Crippen LogP contribution in [0.25, 0.3) is 5.69 Å². The Morgan fingerprint density at radius 2 is 2.25 bits per heavy atom. The van der Waals surface area contributed by atoms with Crippen LogP contribution >= 0.6 is 22.6 Å². The van der Waals surface area contributed by atoms with Crippen LogP contribution in [0.3, 0.4) is 0 Å². The third-order valence-corrected chi connectivity index (χ3v) is 2.75. The zero-order chi connectivity index (χ0) is 11.7. The Labute approximate surface area is 105 Å². The molecule has 0 unspecified atom stereocenters. The van der Waals surface area contributed by atoms with Crippen molar-refractivity contribution in [2.24, 2.45) is 0 Å². The zero-order valence-electron chi connectivity index (χ0n) is 8.42. The molecule has 0 radical (unpaired) electrons. The topological polar surface area (TPSA) is 61.0 Å². The van der Waals surface area contributed by atoms with Gasteiger partial charge < -0.3 is 0 Å².